The summed E-state index contributed by atoms with van der Waals surface area (Å²) in [7, 11) is 0. The van der Waals surface area contributed by atoms with E-state index in [1.54, 1.807) is 0 Å². The highest BCUT2D eigenvalue weighted by molar-refractivity contribution is 6.00. The van der Waals surface area contributed by atoms with Gasteiger partial charge < -0.3 is 15.2 Å². The van der Waals surface area contributed by atoms with E-state index in [1.807, 2.05) is 48.5 Å². The lowest BCUT2D eigenvalue weighted by atomic mass is 9.98. The number of nitrogens with zero attached hydrogens (tertiary/aromatic N) is 2. The molecule has 2 amide bonds. The maximum atomic E-state index is 12.6. The summed E-state index contributed by atoms with van der Waals surface area (Å²) in [5, 5.41) is 21.5. The molecule has 10 nitrogen and oxygen atoms in total. The summed E-state index contributed by atoms with van der Waals surface area (Å²) in [4.78, 5) is 36.5. The third kappa shape index (κ3) is 3.98. The molecule has 34 heavy (non-hydrogen) atoms. The zero-order chi connectivity index (χ0) is 23.7. The normalized spacial score (nSPS) is 18.7. The number of aromatic nitrogens is 2. The van der Waals surface area contributed by atoms with Crippen LogP contribution in [0.3, 0.4) is 0 Å². The average Bonchev–Trinajstić information content (AvgIpc) is 3.55. The predicted molar refractivity (Wildman–Crippen MR) is 119 cm³/mol. The zero-order valence-electron chi connectivity index (χ0n) is 18.1. The summed E-state index contributed by atoms with van der Waals surface area (Å²) >= 11 is 0. The molecular formula is C24H22N4O6. The van der Waals surface area contributed by atoms with Crippen LogP contribution in [-0.2, 0) is 9.53 Å². The third-order valence-electron chi connectivity index (χ3n) is 6.42. The number of amides is 2. The minimum atomic E-state index is -0.960. The fraction of sp³-hybridized carbons (Fsp3) is 0.292. The van der Waals surface area contributed by atoms with E-state index < -0.39 is 29.9 Å². The largest absolute Gasteiger partial charge is 0.481 e. The van der Waals surface area contributed by atoms with Crippen molar-refractivity contribution < 1.29 is 28.9 Å². The summed E-state index contributed by atoms with van der Waals surface area (Å²) in [6.45, 7) is 0.0923. The first-order valence-electron chi connectivity index (χ1n) is 11.0. The zero-order valence-corrected chi connectivity index (χ0v) is 18.1. The Balaban J connectivity index is 1.23. The molecular weight excluding hydrogens is 440 g/mol. The Morgan fingerprint density at radius 2 is 1.68 bits per heavy atom. The second-order valence-electron chi connectivity index (χ2n) is 8.37. The van der Waals surface area contributed by atoms with Crippen molar-refractivity contribution in [2.45, 2.75) is 31.2 Å². The molecule has 2 aliphatic rings. The van der Waals surface area contributed by atoms with Crippen molar-refractivity contribution in [2.75, 3.05) is 11.9 Å². The standard InChI is InChI=1S/C24H22N4O6/c29-22(25-19-11-5-10-17(19)23(30)31)20-21(28-34-27-20)26-24(32)33-12-18-15-8-3-1-6-13(15)14-7-2-4-9-16(14)18/h1-4,6-9,17-19H,5,10-12H2,(H,25,29)(H,30,31)(H,26,28,32)/t17-,19+/m1/s1. The molecule has 174 valence electrons. The lowest BCUT2D eigenvalue weighted by molar-refractivity contribution is -0.142. The van der Waals surface area contributed by atoms with E-state index in [0.29, 0.717) is 19.3 Å². The molecule has 0 unspecified atom stereocenters. The molecule has 0 aliphatic heterocycles. The average molecular weight is 462 g/mol. The monoisotopic (exact) mass is 462 g/mol. The number of fused-ring (bicyclic) bond motifs is 3. The maximum Gasteiger partial charge on any atom is 0.412 e. The van der Waals surface area contributed by atoms with Crippen LogP contribution in [0.1, 0.15) is 46.8 Å². The van der Waals surface area contributed by atoms with Crippen molar-refractivity contribution in [3.63, 3.8) is 0 Å². The van der Waals surface area contributed by atoms with Gasteiger partial charge in [-0.1, -0.05) is 55.0 Å². The first-order chi connectivity index (χ1) is 16.5. The van der Waals surface area contributed by atoms with Crippen LogP contribution < -0.4 is 10.6 Å². The van der Waals surface area contributed by atoms with Crippen molar-refractivity contribution in [3.05, 3.63) is 65.4 Å². The summed E-state index contributed by atoms with van der Waals surface area (Å²) < 4.78 is 10.1. The Hall–Kier alpha value is -4.21. The lowest BCUT2D eigenvalue weighted by Gasteiger charge is -2.17. The predicted octanol–water partition coefficient (Wildman–Crippen LogP) is 3.41. The molecule has 5 rings (SSSR count). The number of ether oxygens (including phenoxy) is 1. The first-order valence-corrected chi connectivity index (χ1v) is 11.0. The molecule has 2 atom stereocenters. The number of carboxylic acids is 1. The number of aliphatic carboxylic acids is 1. The molecule has 1 saturated carbocycles. The van der Waals surface area contributed by atoms with Gasteiger partial charge in [-0.25, -0.2) is 9.42 Å². The maximum absolute atomic E-state index is 12.6. The van der Waals surface area contributed by atoms with Crippen molar-refractivity contribution in [1.82, 2.24) is 15.6 Å². The van der Waals surface area contributed by atoms with Crippen molar-refractivity contribution >= 4 is 23.8 Å². The minimum absolute atomic E-state index is 0.0923. The van der Waals surface area contributed by atoms with Crippen molar-refractivity contribution in [1.29, 1.82) is 0 Å². The molecule has 10 heteroatoms. The number of anilines is 1. The van der Waals surface area contributed by atoms with Gasteiger partial charge in [-0.3, -0.25) is 14.9 Å². The molecule has 2 aromatic carbocycles. The van der Waals surface area contributed by atoms with E-state index in [0.717, 1.165) is 22.3 Å². The van der Waals surface area contributed by atoms with E-state index in [4.69, 9.17) is 4.74 Å². The van der Waals surface area contributed by atoms with Gasteiger partial charge in [-0.05, 0) is 45.4 Å². The minimum Gasteiger partial charge on any atom is -0.481 e. The highest BCUT2D eigenvalue weighted by Crippen LogP contribution is 2.44. The Kier molecular flexibility index (Phi) is 5.70. The number of nitrogens with one attached hydrogen (secondary N) is 2. The first kappa shape index (κ1) is 21.6. The van der Waals surface area contributed by atoms with Gasteiger partial charge in [0.05, 0.1) is 5.92 Å². The summed E-state index contributed by atoms with van der Waals surface area (Å²) in [5.41, 5.74) is 4.12. The highest BCUT2D eigenvalue weighted by atomic mass is 16.6. The quantitative estimate of drug-likeness (QED) is 0.506. The molecule has 0 bridgehead atoms. The number of carbonyl (C=O) groups excluding carboxylic acids is 2. The number of carboxylic acid groups (broad SMARTS) is 1. The Morgan fingerprint density at radius 3 is 2.35 bits per heavy atom. The van der Waals surface area contributed by atoms with Gasteiger partial charge in [-0.15, -0.1) is 0 Å². The van der Waals surface area contributed by atoms with Gasteiger partial charge in [0, 0.05) is 12.0 Å². The number of benzene rings is 2. The smallest absolute Gasteiger partial charge is 0.412 e. The summed E-state index contributed by atoms with van der Waals surface area (Å²) in [6, 6.07) is 15.4. The topological polar surface area (TPSA) is 144 Å². The van der Waals surface area contributed by atoms with Crippen molar-refractivity contribution in [2.24, 2.45) is 5.92 Å². The third-order valence-corrected chi connectivity index (χ3v) is 6.42. The van der Waals surface area contributed by atoms with E-state index in [9.17, 15) is 19.5 Å². The molecule has 3 aromatic rings. The Bertz CT molecular complexity index is 1210. The summed E-state index contributed by atoms with van der Waals surface area (Å²) in [5.74, 6) is -2.61. The van der Waals surface area contributed by atoms with Crippen LogP contribution in [0.2, 0.25) is 0 Å². The molecule has 1 aromatic heterocycles. The molecule has 0 radical (unpaired) electrons. The van der Waals surface area contributed by atoms with Crippen LogP contribution in [0.5, 0.6) is 0 Å². The number of hydrogen-bond donors (Lipinski definition) is 3. The van der Waals surface area contributed by atoms with E-state index in [-0.39, 0.29) is 24.0 Å². The van der Waals surface area contributed by atoms with E-state index in [1.165, 1.54) is 0 Å². The van der Waals surface area contributed by atoms with E-state index in [2.05, 4.69) is 25.6 Å². The van der Waals surface area contributed by atoms with Gasteiger partial charge in [-0.2, -0.15) is 0 Å². The fourth-order valence-electron chi connectivity index (χ4n) is 4.82. The number of hydrogen-bond acceptors (Lipinski definition) is 7. The van der Waals surface area contributed by atoms with Crippen LogP contribution >= 0.6 is 0 Å². The van der Waals surface area contributed by atoms with Crippen LogP contribution in [0, 0.1) is 5.92 Å². The number of rotatable bonds is 6. The second kappa shape index (κ2) is 8.97. The van der Waals surface area contributed by atoms with Gasteiger partial charge in [0.1, 0.15) is 6.61 Å². The van der Waals surface area contributed by atoms with Gasteiger partial charge >= 0.3 is 12.1 Å². The second-order valence-corrected chi connectivity index (χ2v) is 8.37. The highest BCUT2D eigenvalue weighted by Gasteiger charge is 2.35. The number of carbonyl (C=O) groups is 3. The van der Waals surface area contributed by atoms with Gasteiger partial charge in [0.15, 0.2) is 0 Å². The van der Waals surface area contributed by atoms with Crippen LogP contribution in [-0.4, -0.2) is 46.0 Å². The molecule has 2 aliphatic carbocycles. The summed E-state index contributed by atoms with van der Waals surface area (Å²) in [6.07, 6.45) is 0.922. The lowest BCUT2D eigenvalue weighted by Crippen LogP contribution is -2.40. The van der Waals surface area contributed by atoms with Crippen LogP contribution in [0.15, 0.2) is 53.2 Å². The molecule has 0 spiro atoms. The molecule has 3 N–H and O–H groups in total. The molecule has 0 saturated heterocycles. The molecule has 1 fully saturated rings. The SMILES string of the molecule is O=C(Nc1nonc1C(=O)N[C@H]1CCC[C@H]1C(=O)O)OCC1c2ccccc2-c2ccccc21. The Morgan fingerprint density at radius 1 is 1.00 bits per heavy atom. The van der Waals surface area contributed by atoms with Crippen LogP contribution in [0.4, 0.5) is 10.6 Å². The molecule has 1 heterocycles. The fourth-order valence-corrected chi connectivity index (χ4v) is 4.82. The Labute approximate surface area is 194 Å². The van der Waals surface area contributed by atoms with Crippen LogP contribution in [0.25, 0.3) is 11.1 Å². The van der Waals surface area contributed by atoms with Crippen molar-refractivity contribution in [3.8, 4) is 11.1 Å². The van der Waals surface area contributed by atoms with E-state index >= 15 is 0 Å². The van der Waals surface area contributed by atoms with Gasteiger partial charge in [0.2, 0.25) is 11.5 Å². The van der Waals surface area contributed by atoms with Gasteiger partial charge in [0.25, 0.3) is 5.91 Å².